The highest BCUT2D eigenvalue weighted by Gasteiger charge is 2.29. The van der Waals surface area contributed by atoms with Gasteiger partial charge in [0, 0.05) is 19.7 Å². The van der Waals surface area contributed by atoms with Crippen molar-refractivity contribution in [2.45, 2.75) is 40.0 Å². The van der Waals surface area contributed by atoms with Crippen molar-refractivity contribution >= 4 is 10.0 Å². The molecule has 1 aliphatic rings. The Bertz CT molecular complexity index is 332. The second kappa shape index (κ2) is 5.67. The van der Waals surface area contributed by atoms with Gasteiger partial charge in [-0.2, -0.15) is 0 Å². The number of hydrogen-bond donors (Lipinski definition) is 1. The standard InChI is InChI=1S/C12H25NO3S/c1-12(2,3)6-8-17(15,16)13-7-4-5-11(9-13)10-14/h11,14H,4-10H2,1-3H3. The number of aliphatic hydroxyl groups excluding tert-OH is 1. The Labute approximate surface area is 105 Å². The molecule has 1 unspecified atom stereocenters. The van der Waals surface area contributed by atoms with E-state index in [2.05, 4.69) is 20.8 Å². The highest BCUT2D eigenvalue weighted by atomic mass is 32.2. The molecule has 1 fully saturated rings. The summed E-state index contributed by atoms with van der Waals surface area (Å²) in [4.78, 5) is 0. The van der Waals surface area contributed by atoms with Gasteiger partial charge in [0.15, 0.2) is 0 Å². The van der Waals surface area contributed by atoms with Gasteiger partial charge in [0.2, 0.25) is 10.0 Å². The van der Waals surface area contributed by atoms with Gasteiger partial charge in [0.05, 0.1) is 5.75 Å². The maximum atomic E-state index is 12.1. The molecule has 1 atom stereocenters. The number of hydrogen-bond acceptors (Lipinski definition) is 3. The van der Waals surface area contributed by atoms with E-state index in [0.29, 0.717) is 19.5 Å². The molecule has 0 aliphatic carbocycles. The Hall–Kier alpha value is -0.130. The first-order valence-electron chi connectivity index (χ1n) is 6.33. The number of rotatable bonds is 4. The van der Waals surface area contributed by atoms with E-state index in [0.717, 1.165) is 12.8 Å². The van der Waals surface area contributed by atoms with Crippen LogP contribution in [0.5, 0.6) is 0 Å². The summed E-state index contributed by atoms with van der Waals surface area (Å²) >= 11 is 0. The van der Waals surface area contributed by atoms with Gasteiger partial charge < -0.3 is 5.11 Å². The monoisotopic (exact) mass is 263 g/mol. The molecule has 0 amide bonds. The highest BCUT2D eigenvalue weighted by molar-refractivity contribution is 7.89. The average molecular weight is 263 g/mol. The normalized spacial score (nSPS) is 23.9. The molecule has 0 aromatic carbocycles. The molecule has 102 valence electrons. The quantitative estimate of drug-likeness (QED) is 0.835. The molecule has 0 aromatic heterocycles. The van der Waals surface area contributed by atoms with Gasteiger partial charge in [0.1, 0.15) is 0 Å². The lowest BCUT2D eigenvalue weighted by Gasteiger charge is -2.31. The van der Waals surface area contributed by atoms with E-state index in [9.17, 15) is 8.42 Å². The van der Waals surface area contributed by atoms with Crippen LogP contribution in [-0.2, 0) is 10.0 Å². The maximum Gasteiger partial charge on any atom is 0.214 e. The molecule has 17 heavy (non-hydrogen) atoms. The van der Waals surface area contributed by atoms with Gasteiger partial charge in [-0.05, 0) is 30.6 Å². The lowest BCUT2D eigenvalue weighted by molar-refractivity contribution is 0.165. The molecule has 1 N–H and O–H groups in total. The van der Waals surface area contributed by atoms with Crippen LogP contribution >= 0.6 is 0 Å². The molecule has 4 nitrogen and oxygen atoms in total. The molecule has 0 bridgehead atoms. The Kier molecular flexibility index (Phi) is 4.98. The van der Waals surface area contributed by atoms with E-state index >= 15 is 0 Å². The third-order valence-corrected chi connectivity index (χ3v) is 5.08. The van der Waals surface area contributed by atoms with E-state index in [1.807, 2.05) is 0 Å². The number of piperidine rings is 1. The first kappa shape index (κ1) is 14.9. The molecule has 5 heteroatoms. The van der Waals surface area contributed by atoms with E-state index in [1.54, 1.807) is 4.31 Å². The molecule has 1 aliphatic heterocycles. The van der Waals surface area contributed by atoms with E-state index in [-0.39, 0.29) is 23.7 Å². The SMILES string of the molecule is CC(C)(C)CCS(=O)(=O)N1CCCC(CO)C1. The van der Waals surface area contributed by atoms with Crippen molar-refractivity contribution in [2.24, 2.45) is 11.3 Å². The minimum atomic E-state index is -3.14. The highest BCUT2D eigenvalue weighted by Crippen LogP contribution is 2.23. The number of aliphatic hydroxyl groups is 1. The molecule has 1 saturated heterocycles. The fraction of sp³-hybridized carbons (Fsp3) is 1.00. The van der Waals surface area contributed by atoms with E-state index < -0.39 is 10.0 Å². The summed E-state index contributed by atoms with van der Waals surface area (Å²) in [5, 5.41) is 9.11. The van der Waals surface area contributed by atoms with Gasteiger partial charge in [-0.1, -0.05) is 20.8 Å². The van der Waals surface area contributed by atoms with Crippen LogP contribution in [0.2, 0.25) is 0 Å². The van der Waals surface area contributed by atoms with Crippen molar-refractivity contribution in [2.75, 3.05) is 25.4 Å². The van der Waals surface area contributed by atoms with Crippen LogP contribution in [0.1, 0.15) is 40.0 Å². The number of nitrogens with zero attached hydrogens (tertiary/aromatic N) is 1. The third-order valence-electron chi connectivity index (χ3n) is 3.24. The van der Waals surface area contributed by atoms with Gasteiger partial charge in [-0.3, -0.25) is 0 Å². The summed E-state index contributed by atoms with van der Waals surface area (Å²) in [6.45, 7) is 7.34. The van der Waals surface area contributed by atoms with Gasteiger partial charge in [-0.15, -0.1) is 0 Å². The third kappa shape index (κ3) is 4.94. The average Bonchev–Trinajstić information content (AvgIpc) is 2.26. The first-order chi connectivity index (χ1) is 7.74. The summed E-state index contributed by atoms with van der Waals surface area (Å²) in [5.41, 5.74) is 0.0409. The Morgan fingerprint density at radius 3 is 2.53 bits per heavy atom. The fourth-order valence-electron chi connectivity index (χ4n) is 1.99. The maximum absolute atomic E-state index is 12.1. The van der Waals surface area contributed by atoms with Crippen molar-refractivity contribution in [3.63, 3.8) is 0 Å². The Morgan fingerprint density at radius 1 is 1.35 bits per heavy atom. The molecular formula is C12H25NO3S. The van der Waals surface area contributed by atoms with Crippen molar-refractivity contribution in [1.82, 2.24) is 4.31 Å². The van der Waals surface area contributed by atoms with Gasteiger partial charge in [-0.25, -0.2) is 12.7 Å². The first-order valence-corrected chi connectivity index (χ1v) is 7.94. The molecule has 0 spiro atoms. The fourth-order valence-corrected chi connectivity index (χ4v) is 3.97. The molecule has 0 saturated carbocycles. The summed E-state index contributed by atoms with van der Waals surface area (Å²) in [5.74, 6) is 0.336. The lowest BCUT2D eigenvalue weighted by atomic mass is 9.94. The van der Waals surface area contributed by atoms with Crippen LogP contribution in [0.15, 0.2) is 0 Å². The van der Waals surface area contributed by atoms with Crippen LogP contribution in [0.3, 0.4) is 0 Å². The van der Waals surface area contributed by atoms with Crippen molar-refractivity contribution in [3.8, 4) is 0 Å². The molecule has 0 radical (unpaired) electrons. The molecule has 1 heterocycles. The smallest absolute Gasteiger partial charge is 0.214 e. The Balaban J connectivity index is 2.57. The minimum absolute atomic E-state index is 0.0409. The lowest BCUT2D eigenvalue weighted by Crippen LogP contribution is -2.42. The zero-order chi connectivity index (χ0) is 13.1. The second-order valence-corrected chi connectivity index (χ2v) is 8.26. The predicted molar refractivity (Wildman–Crippen MR) is 69.2 cm³/mol. The van der Waals surface area contributed by atoms with Gasteiger partial charge >= 0.3 is 0 Å². The van der Waals surface area contributed by atoms with Crippen LogP contribution in [0.25, 0.3) is 0 Å². The Morgan fingerprint density at radius 2 is 2.00 bits per heavy atom. The molecule has 0 aromatic rings. The van der Waals surface area contributed by atoms with Crippen LogP contribution in [-0.4, -0.2) is 43.3 Å². The minimum Gasteiger partial charge on any atom is -0.396 e. The van der Waals surface area contributed by atoms with Gasteiger partial charge in [0.25, 0.3) is 0 Å². The summed E-state index contributed by atoms with van der Waals surface area (Å²) < 4.78 is 25.8. The summed E-state index contributed by atoms with van der Waals surface area (Å²) in [6.07, 6.45) is 2.47. The van der Waals surface area contributed by atoms with Crippen molar-refractivity contribution in [1.29, 1.82) is 0 Å². The van der Waals surface area contributed by atoms with Crippen molar-refractivity contribution < 1.29 is 13.5 Å². The van der Waals surface area contributed by atoms with E-state index in [1.165, 1.54) is 0 Å². The van der Waals surface area contributed by atoms with Crippen molar-refractivity contribution in [3.05, 3.63) is 0 Å². The topological polar surface area (TPSA) is 57.6 Å². The van der Waals surface area contributed by atoms with Crippen LogP contribution in [0, 0.1) is 11.3 Å². The predicted octanol–water partition coefficient (Wildman–Crippen LogP) is 1.46. The molecule has 1 rings (SSSR count). The number of sulfonamides is 1. The zero-order valence-electron chi connectivity index (χ0n) is 11.1. The summed E-state index contributed by atoms with van der Waals surface area (Å²) in [7, 11) is -3.14. The van der Waals surface area contributed by atoms with Crippen LogP contribution in [0.4, 0.5) is 0 Å². The molecular weight excluding hydrogens is 238 g/mol. The van der Waals surface area contributed by atoms with E-state index in [4.69, 9.17) is 5.11 Å². The second-order valence-electron chi connectivity index (χ2n) is 6.18. The zero-order valence-corrected chi connectivity index (χ0v) is 12.0. The summed E-state index contributed by atoms with van der Waals surface area (Å²) in [6, 6.07) is 0. The largest absolute Gasteiger partial charge is 0.396 e. The van der Waals surface area contributed by atoms with Crippen LogP contribution < -0.4 is 0 Å².